The molecule has 9 heteroatoms. The summed E-state index contributed by atoms with van der Waals surface area (Å²) >= 11 is 7.38. The number of benzene rings is 1. The number of rotatable bonds is 5. The second-order valence-electron chi connectivity index (χ2n) is 6.24. The lowest BCUT2D eigenvalue weighted by Crippen LogP contribution is -2.36. The second-order valence-corrected chi connectivity index (χ2v) is 7.76. The molecule has 0 radical (unpaired) electrons. The number of halogens is 1. The van der Waals surface area contributed by atoms with Crippen LogP contribution in [0.1, 0.15) is 36.8 Å². The van der Waals surface area contributed by atoms with Gasteiger partial charge in [-0.25, -0.2) is 4.98 Å². The predicted molar refractivity (Wildman–Crippen MR) is 107 cm³/mol. The van der Waals surface area contributed by atoms with Crippen LogP contribution in [0.4, 0.5) is 11.5 Å². The summed E-state index contributed by atoms with van der Waals surface area (Å²) in [5.41, 5.74) is 1.13. The number of anilines is 2. The third kappa shape index (κ3) is 4.33. The molecule has 0 saturated heterocycles. The molecule has 2 amide bonds. The molecule has 3 rings (SSSR count). The van der Waals surface area contributed by atoms with E-state index in [9.17, 15) is 14.4 Å². The highest BCUT2D eigenvalue weighted by atomic mass is 35.5. The van der Waals surface area contributed by atoms with Crippen LogP contribution in [0.15, 0.2) is 28.2 Å². The number of H-pyrrole nitrogens is 1. The zero-order chi connectivity index (χ0) is 19.6. The predicted octanol–water partition coefficient (Wildman–Crippen LogP) is 3.30. The molecule has 0 saturated carbocycles. The molecule has 1 aromatic carbocycles. The van der Waals surface area contributed by atoms with Gasteiger partial charge in [0.25, 0.3) is 5.56 Å². The smallest absolute Gasteiger partial charge is 0.257 e. The van der Waals surface area contributed by atoms with Gasteiger partial charge < -0.3 is 15.6 Å². The molecule has 0 bridgehead atoms. The lowest BCUT2D eigenvalue weighted by molar-refractivity contribution is -0.123. The topological polar surface area (TPSA) is 104 Å². The van der Waals surface area contributed by atoms with Gasteiger partial charge in [-0.15, -0.1) is 0 Å². The molecular formula is C18H19ClN4O3S. The van der Waals surface area contributed by atoms with Crippen molar-refractivity contribution in [1.82, 2.24) is 9.97 Å². The van der Waals surface area contributed by atoms with Crippen LogP contribution >= 0.6 is 23.4 Å². The minimum atomic E-state index is -0.923. The number of amides is 2. The molecule has 3 N–H and O–H groups in total. The molecule has 1 aliphatic rings. The van der Waals surface area contributed by atoms with Crippen LogP contribution in [0.5, 0.6) is 0 Å². The number of hydrogen-bond donors (Lipinski definition) is 3. The number of aromatic nitrogens is 2. The van der Waals surface area contributed by atoms with Gasteiger partial charge in [0.1, 0.15) is 5.82 Å². The monoisotopic (exact) mass is 406 g/mol. The molecule has 0 spiro atoms. The van der Waals surface area contributed by atoms with E-state index < -0.39 is 17.4 Å². The van der Waals surface area contributed by atoms with E-state index >= 15 is 0 Å². The van der Waals surface area contributed by atoms with Gasteiger partial charge in [0.05, 0.1) is 11.5 Å². The molecule has 1 aliphatic heterocycles. The average molecular weight is 407 g/mol. The summed E-state index contributed by atoms with van der Waals surface area (Å²) in [5, 5.41) is 6.28. The SMILES string of the molecule is CCCSc1nc2c(c(=O)[nH]1)[C@H](C(=O)Nc1cc(Cl)ccc1C)CC(=O)N2. The highest BCUT2D eigenvalue weighted by Crippen LogP contribution is 2.31. The largest absolute Gasteiger partial charge is 0.325 e. The Labute approximate surface area is 165 Å². The molecular weight excluding hydrogens is 388 g/mol. The van der Waals surface area contributed by atoms with E-state index in [4.69, 9.17) is 11.6 Å². The number of carbonyl (C=O) groups excluding carboxylic acids is 2. The Morgan fingerprint density at radius 1 is 1.41 bits per heavy atom. The standard InChI is InChI=1S/C18H19ClN4O3S/c1-3-6-27-18-22-15-14(17(26)23-18)11(8-13(24)21-15)16(25)20-12-7-10(19)5-4-9(12)2/h4-5,7,11H,3,6,8H2,1-2H3,(H,20,25)(H2,21,22,23,24,26)/t11-/m1/s1. The van der Waals surface area contributed by atoms with Crippen LogP contribution in [0.2, 0.25) is 5.02 Å². The maximum Gasteiger partial charge on any atom is 0.257 e. The van der Waals surface area contributed by atoms with Gasteiger partial charge in [-0.1, -0.05) is 36.4 Å². The van der Waals surface area contributed by atoms with Crippen molar-refractivity contribution in [2.45, 2.75) is 37.8 Å². The minimum Gasteiger partial charge on any atom is -0.325 e. The number of aryl methyl sites for hydroxylation is 1. The Morgan fingerprint density at radius 2 is 2.19 bits per heavy atom. The van der Waals surface area contributed by atoms with Crippen LogP contribution in [-0.2, 0) is 9.59 Å². The quantitative estimate of drug-likeness (QED) is 0.522. The van der Waals surface area contributed by atoms with Crippen molar-refractivity contribution in [2.24, 2.45) is 0 Å². The van der Waals surface area contributed by atoms with E-state index in [1.54, 1.807) is 18.2 Å². The van der Waals surface area contributed by atoms with Crippen LogP contribution in [0.25, 0.3) is 0 Å². The maximum absolute atomic E-state index is 12.8. The number of thioether (sulfide) groups is 1. The minimum absolute atomic E-state index is 0.120. The van der Waals surface area contributed by atoms with Crippen molar-refractivity contribution < 1.29 is 9.59 Å². The molecule has 27 heavy (non-hydrogen) atoms. The number of nitrogens with zero attached hydrogens (tertiary/aromatic N) is 1. The number of carbonyl (C=O) groups is 2. The van der Waals surface area contributed by atoms with Gasteiger partial charge in [-0.05, 0) is 31.0 Å². The Morgan fingerprint density at radius 3 is 2.93 bits per heavy atom. The fraction of sp³-hybridized carbons (Fsp3) is 0.333. The summed E-state index contributed by atoms with van der Waals surface area (Å²) < 4.78 is 0. The number of fused-ring (bicyclic) bond motifs is 1. The zero-order valence-corrected chi connectivity index (χ0v) is 16.5. The van der Waals surface area contributed by atoms with Crippen molar-refractivity contribution >= 4 is 46.7 Å². The summed E-state index contributed by atoms with van der Waals surface area (Å²) in [6.45, 7) is 3.85. The highest BCUT2D eigenvalue weighted by molar-refractivity contribution is 7.99. The number of nitrogens with one attached hydrogen (secondary N) is 3. The summed E-state index contributed by atoms with van der Waals surface area (Å²) in [4.78, 5) is 44.5. The molecule has 1 aromatic heterocycles. The fourth-order valence-electron chi connectivity index (χ4n) is 2.79. The average Bonchev–Trinajstić information content (AvgIpc) is 2.61. The van der Waals surface area contributed by atoms with Crippen LogP contribution in [0, 0.1) is 6.92 Å². The molecule has 0 unspecified atom stereocenters. The first-order valence-corrected chi connectivity index (χ1v) is 9.89. The first kappa shape index (κ1) is 19.4. The Balaban J connectivity index is 1.93. The molecule has 0 aliphatic carbocycles. The van der Waals surface area contributed by atoms with Gasteiger partial charge in [-0.3, -0.25) is 14.4 Å². The van der Waals surface area contributed by atoms with E-state index in [0.717, 1.165) is 17.7 Å². The molecule has 2 aromatic rings. The van der Waals surface area contributed by atoms with Crippen LogP contribution < -0.4 is 16.2 Å². The van der Waals surface area contributed by atoms with Crippen molar-refractivity contribution in [1.29, 1.82) is 0 Å². The molecule has 0 fully saturated rings. The summed E-state index contributed by atoms with van der Waals surface area (Å²) in [6, 6.07) is 5.14. The molecule has 2 heterocycles. The van der Waals surface area contributed by atoms with Crippen molar-refractivity contribution in [3.63, 3.8) is 0 Å². The van der Waals surface area contributed by atoms with Gasteiger partial charge in [0.2, 0.25) is 11.8 Å². The fourth-order valence-corrected chi connectivity index (χ4v) is 3.68. The van der Waals surface area contributed by atoms with Gasteiger partial charge in [0, 0.05) is 22.9 Å². The Kier molecular flexibility index (Phi) is 5.86. The second kappa shape index (κ2) is 8.14. The highest BCUT2D eigenvalue weighted by Gasteiger charge is 2.34. The van der Waals surface area contributed by atoms with Crippen molar-refractivity contribution in [3.05, 3.63) is 44.7 Å². The summed E-state index contributed by atoms with van der Waals surface area (Å²) in [5.74, 6) is -0.786. The van der Waals surface area contributed by atoms with Crippen molar-refractivity contribution in [3.8, 4) is 0 Å². The molecule has 7 nitrogen and oxygen atoms in total. The Hall–Kier alpha value is -2.32. The third-order valence-electron chi connectivity index (χ3n) is 4.15. The summed E-state index contributed by atoms with van der Waals surface area (Å²) in [7, 11) is 0. The molecule has 142 valence electrons. The lowest BCUT2D eigenvalue weighted by Gasteiger charge is -2.23. The molecule has 1 atom stereocenters. The van der Waals surface area contributed by atoms with E-state index in [-0.39, 0.29) is 23.7 Å². The van der Waals surface area contributed by atoms with Crippen LogP contribution in [0.3, 0.4) is 0 Å². The maximum atomic E-state index is 12.8. The number of hydrogen-bond acceptors (Lipinski definition) is 5. The van der Waals surface area contributed by atoms with Gasteiger partial charge in [0.15, 0.2) is 5.16 Å². The van der Waals surface area contributed by atoms with E-state index in [2.05, 4.69) is 20.6 Å². The normalized spacial score (nSPS) is 15.8. The van der Waals surface area contributed by atoms with Gasteiger partial charge >= 0.3 is 0 Å². The van der Waals surface area contributed by atoms with E-state index in [1.807, 2.05) is 13.8 Å². The van der Waals surface area contributed by atoms with E-state index in [0.29, 0.717) is 15.9 Å². The third-order valence-corrected chi connectivity index (χ3v) is 5.46. The van der Waals surface area contributed by atoms with Crippen molar-refractivity contribution in [2.75, 3.05) is 16.4 Å². The van der Waals surface area contributed by atoms with Gasteiger partial charge in [-0.2, -0.15) is 0 Å². The van der Waals surface area contributed by atoms with Crippen LogP contribution in [-0.4, -0.2) is 27.5 Å². The first-order valence-electron chi connectivity index (χ1n) is 8.53. The Bertz CT molecular complexity index is 960. The number of aromatic amines is 1. The summed E-state index contributed by atoms with van der Waals surface area (Å²) in [6.07, 6.45) is 0.798. The zero-order valence-electron chi connectivity index (χ0n) is 14.9. The first-order chi connectivity index (χ1) is 12.9. The van der Waals surface area contributed by atoms with E-state index in [1.165, 1.54) is 11.8 Å². The lowest BCUT2D eigenvalue weighted by atomic mass is 9.92.